The van der Waals surface area contributed by atoms with Crippen molar-refractivity contribution in [1.82, 2.24) is 10.6 Å². The second-order valence-corrected chi connectivity index (χ2v) is 7.50. The summed E-state index contributed by atoms with van der Waals surface area (Å²) in [5.74, 6) is 1.23. The van der Waals surface area contributed by atoms with Gasteiger partial charge in [0.15, 0.2) is 0 Å². The highest BCUT2D eigenvalue weighted by molar-refractivity contribution is 6.04. The fraction of sp³-hybridized carbons (Fsp3) is 0.600. The van der Waals surface area contributed by atoms with Crippen molar-refractivity contribution >= 4 is 17.5 Å². The molecule has 2 atom stereocenters. The fourth-order valence-corrected chi connectivity index (χ4v) is 3.46. The standard InChI is InChI=1S/C20H29N3O3/c1-13(14-4-3-9-21-12-14)10-19(24)23-18-8-7-16(26-2)11-17(18)20(25)22-15-5-6-15/h7-8,11,13-15,21H,3-6,9-10,12H2,1-2H3,(H,22,25)(H,23,24). The molecule has 26 heavy (non-hydrogen) atoms. The summed E-state index contributed by atoms with van der Waals surface area (Å²) in [6.45, 7) is 4.18. The van der Waals surface area contributed by atoms with Gasteiger partial charge in [-0.15, -0.1) is 0 Å². The minimum Gasteiger partial charge on any atom is -0.497 e. The van der Waals surface area contributed by atoms with Gasteiger partial charge in [0.1, 0.15) is 5.75 Å². The molecule has 6 nitrogen and oxygen atoms in total. The molecule has 2 unspecified atom stereocenters. The van der Waals surface area contributed by atoms with Crippen molar-refractivity contribution in [2.75, 3.05) is 25.5 Å². The van der Waals surface area contributed by atoms with Crippen molar-refractivity contribution in [3.8, 4) is 5.75 Å². The van der Waals surface area contributed by atoms with Crippen LogP contribution in [0.25, 0.3) is 0 Å². The molecule has 2 aliphatic rings. The summed E-state index contributed by atoms with van der Waals surface area (Å²) in [6, 6.07) is 5.45. The summed E-state index contributed by atoms with van der Waals surface area (Å²) in [5.41, 5.74) is 1.000. The third-order valence-electron chi connectivity index (χ3n) is 5.31. The average molecular weight is 359 g/mol. The Morgan fingerprint density at radius 1 is 1.31 bits per heavy atom. The van der Waals surface area contributed by atoms with Gasteiger partial charge >= 0.3 is 0 Å². The highest BCUT2D eigenvalue weighted by Crippen LogP contribution is 2.26. The van der Waals surface area contributed by atoms with Gasteiger partial charge in [-0.2, -0.15) is 0 Å². The van der Waals surface area contributed by atoms with Crippen LogP contribution in [-0.2, 0) is 4.79 Å². The minimum absolute atomic E-state index is 0.0475. The van der Waals surface area contributed by atoms with E-state index in [4.69, 9.17) is 4.74 Å². The van der Waals surface area contributed by atoms with E-state index in [-0.39, 0.29) is 17.9 Å². The predicted molar refractivity (Wildman–Crippen MR) is 101 cm³/mol. The third kappa shape index (κ3) is 4.97. The number of hydrogen-bond acceptors (Lipinski definition) is 4. The number of carbonyl (C=O) groups excluding carboxylic acids is 2. The Kier molecular flexibility index (Phi) is 6.14. The lowest BCUT2D eigenvalue weighted by Crippen LogP contribution is -2.34. The molecular formula is C20H29N3O3. The molecule has 0 bridgehead atoms. The molecular weight excluding hydrogens is 330 g/mol. The Labute approximate surface area is 155 Å². The predicted octanol–water partition coefficient (Wildman–Crippen LogP) is 2.55. The van der Waals surface area contributed by atoms with Crippen molar-refractivity contribution in [2.45, 2.75) is 45.1 Å². The first-order chi connectivity index (χ1) is 12.6. The molecule has 1 aliphatic heterocycles. The van der Waals surface area contributed by atoms with E-state index in [0.717, 1.165) is 25.9 Å². The average Bonchev–Trinajstić information content (AvgIpc) is 3.46. The summed E-state index contributed by atoms with van der Waals surface area (Å²) in [7, 11) is 1.57. The number of methoxy groups -OCH3 is 1. The number of anilines is 1. The Bertz CT molecular complexity index is 652. The lowest BCUT2D eigenvalue weighted by atomic mass is 9.85. The SMILES string of the molecule is COc1ccc(NC(=O)CC(C)C2CCCNC2)c(C(=O)NC2CC2)c1. The highest BCUT2D eigenvalue weighted by Gasteiger charge is 2.26. The zero-order valence-corrected chi connectivity index (χ0v) is 15.6. The largest absolute Gasteiger partial charge is 0.497 e. The van der Waals surface area contributed by atoms with Crippen molar-refractivity contribution in [3.05, 3.63) is 23.8 Å². The van der Waals surface area contributed by atoms with Crippen LogP contribution in [0.1, 0.15) is 49.4 Å². The first-order valence-corrected chi connectivity index (χ1v) is 9.56. The van der Waals surface area contributed by atoms with Gasteiger partial charge < -0.3 is 20.7 Å². The number of nitrogens with one attached hydrogen (secondary N) is 3. The molecule has 2 amide bonds. The van der Waals surface area contributed by atoms with Crippen LogP contribution in [0.4, 0.5) is 5.69 Å². The number of piperidine rings is 1. The van der Waals surface area contributed by atoms with E-state index < -0.39 is 0 Å². The van der Waals surface area contributed by atoms with E-state index in [1.807, 2.05) is 0 Å². The zero-order valence-electron chi connectivity index (χ0n) is 15.6. The maximum Gasteiger partial charge on any atom is 0.253 e. The van der Waals surface area contributed by atoms with Crippen LogP contribution in [0, 0.1) is 11.8 Å². The van der Waals surface area contributed by atoms with E-state index >= 15 is 0 Å². The van der Waals surface area contributed by atoms with Crippen LogP contribution in [0.3, 0.4) is 0 Å². The molecule has 1 saturated carbocycles. The van der Waals surface area contributed by atoms with Gasteiger partial charge in [0.05, 0.1) is 18.4 Å². The number of amides is 2. The van der Waals surface area contributed by atoms with Gasteiger partial charge in [-0.25, -0.2) is 0 Å². The number of rotatable bonds is 7. The van der Waals surface area contributed by atoms with Gasteiger partial charge in [0.2, 0.25) is 5.91 Å². The van der Waals surface area contributed by atoms with Gasteiger partial charge in [-0.05, 0) is 68.8 Å². The van der Waals surface area contributed by atoms with Crippen molar-refractivity contribution < 1.29 is 14.3 Å². The first kappa shape index (κ1) is 18.7. The smallest absolute Gasteiger partial charge is 0.253 e. The van der Waals surface area contributed by atoms with E-state index in [1.54, 1.807) is 25.3 Å². The summed E-state index contributed by atoms with van der Waals surface area (Å²) >= 11 is 0. The lowest BCUT2D eigenvalue weighted by Gasteiger charge is -2.28. The molecule has 3 N–H and O–H groups in total. The number of benzene rings is 1. The van der Waals surface area contributed by atoms with Crippen molar-refractivity contribution in [2.24, 2.45) is 11.8 Å². The van der Waals surface area contributed by atoms with Gasteiger partial charge in [0, 0.05) is 12.5 Å². The van der Waals surface area contributed by atoms with Crippen molar-refractivity contribution in [1.29, 1.82) is 0 Å². The number of ether oxygens (including phenoxy) is 1. The van der Waals surface area contributed by atoms with Crippen LogP contribution < -0.4 is 20.7 Å². The van der Waals surface area contributed by atoms with Crippen LogP contribution in [0.2, 0.25) is 0 Å². The monoisotopic (exact) mass is 359 g/mol. The maximum atomic E-state index is 12.5. The Balaban J connectivity index is 1.65. The van der Waals surface area contributed by atoms with Crippen LogP contribution in [0.15, 0.2) is 18.2 Å². The topological polar surface area (TPSA) is 79.5 Å². The third-order valence-corrected chi connectivity index (χ3v) is 5.31. The summed E-state index contributed by atoms with van der Waals surface area (Å²) in [4.78, 5) is 25.0. The van der Waals surface area contributed by atoms with E-state index in [0.29, 0.717) is 35.3 Å². The lowest BCUT2D eigenvalue weighted by molar-refractivity contribution is -0.117. The number of hydrogen-bond donors (Lipinski definition) is 3. The second-order valence-electron chi connectivity index (χ2n) is 7.50. The Morgan fingerprint density at radius 3 is 2.77 bits per heavy atom. The molecule has 1 aromatic carbocycles. The molecule has 2 fully saturated rings. The quantitative estimate of drug-likeness (QED) is 0.699. The van der Waals surface area contributed by atoms with Gasteiger partial charge in [0.25, 0.3) is 5.91 Å². The minimum atomic E-state index is -0.161. The molecule has 6 heteroatoms. The summed E-state index contributed by atoms with van der Waals surface area (Å²) in [6.07, 6.45) is 4.83. The molecule has 142 valence electrons. The van der Waals surface area contributed by atoms with E-state index in [1.165, 1.54) is 12.8 Å². The number of carbonyl (C=O) groups is 2. The molecule has 3 rings (SSSR count). The molecule has 0 aromatic heterocycles. The van der Waals surface area contributed by atoms with Crippen LogP contribution >= 0.6 is 0 Å². The fourth-order valence-electron chi connectivity index (χ4n) is 3.46. The summed E-state index contributed by atoms with van der Waals surface area (Å²) in [5, 5.41) is 9.31. The second kappa shape index (κ2) is 8.54. The maximum absolute atomic E-state index is 12.5. The van der Waals surface area contributed by atoms with E-state index in [2.05, 4.69) is 22.9 Å². The van der Waals surface area contributed by atoms with E-state index in [9.17, 15) is 9.59 Å². The van der Waals surface area contributed by atoms with Gasteiger partial charge in [-0.3, -0.25) is 9.59 Å². The molecule has 1 aliphatic carbocycles. The van der Waals surface area contributed by atoms with Crippen molar-refractivity contribution in [3.63, 3.8) is 0 Å². The Morgan fingerprint density at radius 2 is 2.12 bits per heavy atom. The molecule has 1 saturated heterocycles. The molecule has 0 spiro atoms. The molecule has 1 heterocycles. The molecule has 1 aromatic rings. The Hall–Kier alpha value is -2.08. The summed E-state index contributed by atoms with van der Waals surface area (Å²) < 4.78 is 5.23. The van der Waals surface area contributed by atoms with Crippen LogP contribution in [0.5, 0.6) is 5.75 Å². The van der Waals surface area contributed by atoms with Gasteiger partial charge in [-0.1, -0.05) is 6.92 Å². The molecule has 0 radical (unpaired) electrons. The highest BCUT2D eigenvalue weighted by atomic mass is 16.5. The first-order valence-electron chi connectivity index (χ1n) is 9.56. The zero-order chi connectivity index (χ0) is 18.5. The normalized spacial score (nSPS) is 20.9. The van der Waals surface area contributed by atoms with Crippen LogP contribution in [-0.4, -0.2) is 38.1 Å².